The van der Waals surface area contributed by atoms with E-state index in [1.165, 1.54) is 7.11 Å². The minimum Gasteiger partial charge on any atom is -0.495 e. The summed E-state index contributed by atoms with van der Waals surface area (Å²) in [4.78, 5) is -0.238. The number of alkyl halides is 1. The number of benzene rings is 1. The molecule has 0 saturated carbocycles. The highest BCUT2D eigenvalue weighted by atomic mass is 79.9. The van der Waals surface area contributed by atoms with E-state index in [-0.39, 0.29) is 4.83 Å². The molecule has 1 aliphatic heterocycles. The average molecular weight is 312 g/mol. The average Bonchev–Trinajstić information content (AvgIpc) is 2.34. The second kappa shape index (κ2) is 4.45. The third kappa shape index (κ3) is 1.96. The Morgan fingerprint density at radius 3 is 2.72 bits per heavy atom. The van der Waals surface area contributed by atoms with Crippen molar-refractivity contribution in [3.05, 3.63) is 23.3 Å². The van der Waals surface area contributed by atoms with E-state index in [1.54, 1.807) is 12.1 Å². The summed E-state index contributed by atoms with van der Waals surface area (Å²) in [5.74, 6) is 1.01. The van der Waals surface area contributed by atoms with Gasteiger partial charge in [-0.25, -0.2) is 0 Å². The molecule has 4 nitrogen and oxygen atoms in total. The lowest BCUT2D eigenvalue weighted by Gasteiger charge is -2.40. The highest BCUT2D eigenvalue weighted by Crippen LogP contribution is 2.45. The van der Waals surface area contributed by atoms with E-state index in [0.717, 1.165) is 0 Å². The van der Waals surface area contributed by atoms with Gasteiger partial charge in [-0.3, -0.25) is 0 Å². The molecule has 1 aliphatic rings. The van der Waals surface area contributed by atoms with Crippen molar-refractivity contribution >= 4 is 15.9 Å². The molecule has 2 atom stereocenters. The van der Waals surface area contributed by atoms with Gasteiger partial charge in [-0.2, -0.15) is 5.26 Å². The number of rotatable bonds is 1. The third-order valence-electron chi connectivity index (χ3n) is 3.09. The number of methoxy groups -OCH3 is 1. The fraction of sp³-hybridized carbons (Fsp3) is 0.462. The third-order valence-corrected chi connectivity index (χ3v) is 4.69. The van der Waals surface area contributed by atoms with Crippen molar-refractivity contribution in [1.82, 2.24) is 0 Å². The summed E-state index contributed by atoms with van der Waals surface area (Å²) in [6.07, 6.45) is -0.721. The SMILES string of the molecule is COc1cc2c(cc1C#N)[C@H](O)[C@@H](Br)C(C)(C)O2. The zero-order chi connectivity index (χ0) is 13.5. The van der Waals surface area contributed by atoms with Gasteiger partial charge in [-0.15, -0.1) is 0 Å². The fourth-order valence-electron chi connectivity index (χ4n) is 2.03. The van der Waals surface area contributed by atoms with Crippen molar-refractivity contribution in [1.29, 1.82) is 5.26 Å². The predicted octanol–water partition coefficient (Wildman–Crippen LogP) is 2.53. The predicted molar refractivity (Wildman–Crippen MR) is 70.1 cm³/mol. The molecule has 5 heteroatoms. The van der Waals surface area contributed by atoms with E-state index < -0.39 is 11.7 Å². The lowest BCUT2D eigenvalue weighted by atomic mass is 9.90. The van der Waals surface area contributed by atoms with Gasteiger partial charge in [-0.1, -0.05) is 15.9 Å². The van der Waals surface area contributed by atoms with Crippen molar-refractivity contribution in [2.24, 2.45) is 0 Å². The molecule has 1 N–H and O–H groups in total. The quantitative estimate of drug-likeness (QED) is 0.810. The van der Waals surface area contributed by atoms with Crippen molar-refractivity contribution in [2.45, 2.75) is 30.4 Å². The maximum atomic E-state index is 10.3. The first-order valence-electron chi connectivity index (χ1n) is 5.54. The Balaban J connectivity index is 2.58. The van der Waals surface area contributed by atoms with Crippen molar-refractivity contribution in [2.75, 3.05) is 7.11 Å². The number of ether oxygens (including phenoxy) is 2. The van der Waals surface area contributed by atoms with Crippen LogP contribution in [0.2, 0.25) is 0 Å². The summed E-state index contributed by atoms with van der Waals surface area (Å²) in [6, 6.07) is 5.31. The molecule has 0 unspecified atom stereocenters. The van der Waals surface area contributed by atoms with Gasteiger partial charge in [0.1, 0.15) is 23.2 Å². The van der Waals surface area contributed by atoms with Crippen molar-refractivity contribution < 1.29 is 14.6 Å². The van der Waals surface area contributed by atoms with Crippen LogP contribution in [0, 0.1) is 11.3 Å². The molecule has 0 spiro atoms. The van der Waals surface area contributed by atoms with Crippen LogP contribution >= 0.6 is 15.9 Å². The Kier molecular flexibility index (Phi) is 3.26. The molecule has 0 aliphatic carbocycles. The molecule has 0 fully saturated rings. The normalized spacial score (nSPS) is 24.7. The molecule has 18 heavy (non-hydrogen) atoms. The molecule has 0 bridgehead atoms. The smallest absolute Gasteiger partial charge is 0.140 e. The van der Waals surface area contributed by atoms with E-state index in [0.29, 0.717) is 22.6 Å². The maximum Gasteiger partial charge on any atom is 0.140 e. The second-order valence-corrected chi connectivity index (χ2v) is 5.74. The number of nitriles is 1. The first-order chi connectivity index (χ1) is 8.40. The Morgan fingerprint density at radius 1 is 1.50 bits per heavy atom. The molecule has 1 heterocycles. The van der Waals surface area contributed by atoms with E-state index in [4.69, 9.17) is 14.7 Å². The summed E-state index contributed by atoms with van der Waals surface area (Å²) in [5.41, 5.74) is 0.456. The monoisotopic (exact) mass is 311 g/mol. The van der Waals surface area contributed by atoms with Gasteiger partial charge < -0.3 is 14.6 Å². The Labute approximate surface area is 114 Å². The van der Waals surface area contributed by atoms with E-state index in [9.17, 15) is 5.11 Å². The van der Waals surface area contributed by atoms with Crippen LogP contribution in [0.4, 0.5) is 0 Å². The minimum atomic E-state index is -0.721. The molecule has 0 aromatic heterocycles. The number of aliphatic hydroxyl groups excluding tert-OH is 1. The molecule has 0 amide bonds. The first kappa shape index (κ1) is 13.2. The van der Waals surface area contributed by atoms with Crippen LogP contribution in [0.15, 0.2) is 12.1 Å². The van der Waals surface area contributed by atoms with Gasteiger partial charge in [-0.05, 0) is 19.9 Å². The Bertz CT molecular complexity index is 522. The molecular weight excluding hydrogens is 298 g/mol. The lowest BCUT2D eigenvalue weighted by molar-refractivity contribution is 0.0223. The zero-order valence-corrected chi connectivity index (χ0v) is 12.0. The van der Waals surface area contributed by atoms with E-state index >= 15 is 0 Å². The molecule has 96 valence electrons. The van der Waals surface area contributed by atoms with E-state index in [1.807, 2.05) is 19.9 Å². The Hall–Kier alpha value is -1.25. The van der Waals surface area contributed by atoms with Crippen LogP contribution in [0.3, 0.4) is 0 Å². The van der Waals surface area contributed by atoms with Crippen LogP contribution in [0.1, 0.15) is 31.1 Å². The van der Waals surface area contributed by atoms with E-state index in [2.05, 4.69) is 15.9 Å². The summed E-state index contributed by atoms with van der Waals surface area (Å²) >= 11 is 3.44. The molecule has 2 rings (SSSR count). The van der Waals surface area contributed by atoms with Crippen molar-refractivity contribution in [3.8, 4) is 17.6 Å². The largest absolute Gasteiger partial charge is 0.495 e. The van der Waals surface area contributed by atoms with Gasteiger partial charge in [0.25, 0.3) is 0 Å². The molecule has 1 aromatic carbocycles. The standard InChI is InChI=1S/C13H14BrNO3/c1-13(2)12(14)11(16)8-4-7(6-15)9(17-3)5-10(8)18-13/h4-5,11-12,16H,1-3H3/t11-,12+/m0/s1. The summed E-state index contributed by atoms with van der Waals surface area (Å²) in [7, 11) is 1.50. The molecular formula is C13H14BrNO3. The van der Waals surface area contributed by atoms with Crippen LogP contribution < -0.4 is 9.47 Å². The van der Waals surface area contributed by atoms with Crippen LogP contribution in [0.25, 0.3) is 0 Å². The van der Waals surface area contributed by atoms with Gasteiger partial charge in [0.05, 0.1) is 23.6 Å². The van der Waals surface area contributed by atoms with Crippen LogP contribution in [-0.4, -0.2) is 22.6 Å². The van der Waals surface area contributed by atoms with Gasteiger partial charge in [0.2, 0.25) is 0 Å². The summed E-state index contributed by atoms with van der Waals surface area (Å²) in [5, 5.41) is 19.3. The zero-order valence-electron chi connectivity index (χ0n) is 10.4. The number of halogens is 1. The minimum absolute atomic E-state index is 0.238. The summed E-state index contributed by atoms with van der Waals surface area (Å²) < 4.78 is 11.0. The molecule has 0 radical (unpaired) electrons. The van der Waals surface area contributed by atoms with Crippen molar-refractivity contribution in [3.63, 3.8) is 0 Å². The highest BCUT2D eigenvalue weighted by Gasteiger charge is 2.42. The molecule has 0 saturated heterocycles. The second-order valence-electron chi connectivity index (χ2n) is 4.75. The van der Waals surface area contributed by atoms with Gasteiger partial charge in [0, 0.05) is 11.6 Å². The fourth-order valence-corrected chi connectivity index (χ4v) is 2.41. The Morgan fingerprint density at radius 2 is 2.17 bits per heavy atom. The van der Waals surface area contributed by atoms with Crippen LogP contribution in [0.5, 0.6) is 11.5 Å². The van der Waals surface area contributed by atoms with Gasteiger partial charge >= 0.3 is 0 Å². The van der Waals surface area contributed by atoms with Gasteiger partial charge in [0.15, 0.2) is 0 Å². The number of fused-ring (bicyclic) bond motifs is 1. The maximum absolute atomic E-state index is 10.3. The number of aliphatic hydroxyl groups is 1. The lowest BCUT2D eigenvalue weighted by Crippen LogP contribution is -2.45. The number of hydrogen-bond donors (Lipinski definition) is 1. The number of hydrogen-bond acceptors (Lipinski definition) is 4. The highest BCUT2D eigenvalue weighted by molar-refractivity contribution is 9.09. The first-order valence-corrected chi connectivity index (χ1v) is 6.45. The topological polar surface area (TPSA) is 62.5 Å². The number of nitrogens with zero attached hydrogens (tertiary/aromatic N) is 1. The summed E-state index contributed by atoms with van der Waals surface area (Å²) in [6.45, 7) is 3.78. The molecule has 1 aromatic rings. The van der Waals surface area contributed by atoms with Crippen LogP contribution in [-0.2, 0) is 0 Å².